The van der Waals surface area contributed by atoms with Crippen molar-refractivity contribution in [3.8, 4) is 0 Å². The largest absolute Gasteiger partial charge is 0.350 e. The summed E-state index contributed by atoms with van der Waals surface area (Å²) in [5.41, 5.74) is 0.386. The molecule has 1 unspecified atom stereocenters. The van der Waals surface area contributed by atoms with E-state index in [1.165, 1.54) is 10.4 Å². The van der Waals surface area contributed by atoms with Gasteiger partial charge in [-0.25, -0.2) is 8.42 Å². The van der Waals surface area contributed by atoms with E-state index in [-0.39, 0.29) is 16.8 Å². The molecule has 1 N–H and O–H groups in total. The molecular formula is C19H31N3O3S. The highest BCUT2D eigenvalue weighted by molar-refractivity contribution is 7.89. The van der Waals surface area contributed by atoms with Gasteiger partial charge in [0.05, 0.1) is 4.90 Å². The maximum Gasteiger partial charge on any atom is 0.251 e. The third-order valence-corrected chi connectivity index (χ3v) is 6.65. The van der Waals surface area contributed by atoms with Crippen LogP contribution in [0.1, 0.15) is 44.0 Å². The minimum atomic E-state index is -3.56. The van der Waals surface area contributed by atoms with E-state index in [1.54, 1.807) is 18.2 Å². The lowest BCUT2D eigenvalue weighted by Gasteiger charge is -2.31. The highest BCUT2D eigenvalue weighted by atomic mass is 32.2. The van der Waals surface area contributed by atoms with Crippen molar-refractivity contribution in [2.75, 3.05) is 33.2 Å². The van der Waals surface area contributed by atoms with E-state index in [0.29, 0.717) is 37.7 Å². The highest BCUT2D eigenvalue weighted by Crippen LogP contribution is 2.19. The molecule has 0 saturated carbocycles. The van der Waals surface area contributed by atoms with Gasteiger partial charge in [-0.05, 0) is 50.9 Å². The fraction of sp³-hybridized carbons (Fsp3) is 0.632. The van der Waals surface area contributed by atoms with E-state index < -0.39 is 10.0 Å². The lowest BCUT2D eigenvalue weighted by Crippen LogP contribution is -2.47. The van der Waals surface area contributed by atoms with E-state index in [1.807, 2.05) is 14.0 Å². The van der Waals surface area contributed by atoms with Gasteiger partial charge in [0.2, 0.25) is 10.0 Å². The molecule has 1 heterocycles. The molecule has 1 atom stereocenters. The SMILES string of the molecule is CC(C)CCC(C)NC(=O)c1cccc(S(=O)(=O)N2CCN(C)CC2)c1. The van der Waals surface area contributed by atoms with Gasteiger partial charge in [-0.2, -0.15) is 4.31 Å². The molecule has 0 bridgehead atoms. The smallest absolute Gasteiger partial charge is 0.251 e. The van der Waals surface area contributed by atoms with Gasteiger partial charge in [0.15, 0.2) is 0 Å². The van der Waals surface area contributed by atoms with Crippen molar-refractivity contribution in [3.05, 3.63) is 29.8 Å². The summed E-state index contributed by atoms with van der Waals surface area (Å²) in [6, 6.07) is 6.40. The Bertz CT molecular complexity index is 710. The lowest BCUT2D eigenvalue weighted by molar-refractivity contribution is 0.0937. The zero-order chi connectivity index (χ0) is 19.3. The van der Waals surface area contributed by atoms with Crippen LogP contribution in [-0.2, 0) is 10.0 Å². The molecule has 1 fully saturated rings. The molecule has 1 amide bonds. The number of rotatable bonds is 7. The van der Waals surface area contributed by atoms with Crippen molar-refractivity contribution in [2.45, 2.75) is 44.6 Å². The van der Waals surface area contributed by atoms with Crippen LogP contribution < -0.4 is 5.32 Å². The average molecular weight is 382 g/mol. The molecule has 0 radical (unpaired) electrons. The number of carbonyl (C=O) groups excluding carboxylic acids is 1. The molecule has 2 rings (SSSR count). The van der Waals surface area contributed by atoms with Crippen LogP contribution in [0.3, 0.4) is 0 Å². The Kier molecular flexibility index (Phi) is 7.20. The lowest BCUT2D eigenvalue weighted by atomic mass is 10.0. The Labute approximate surface area is 157 Å². The minimum Gasteiger partial charge on any atom is -0.350 e. The second-order valence-corrected chi connectivity index (χ2v) is 9.52. The number of nitrogens with one attached hydrogen (secondary N) is 1. The van der Waals surface area contributed by atoms with Gasteiger partial charge < -0.3 is 10.2 Å². The van der Waals surface area contributed by atoms with Gasteiger partial charge in [-0.1, -0.05) is 19.9 Å². The first kappa shape index (κ1) is 20.9. The fourth-order valence-electron chi connectivity index (χ4n) is 2.94. The number of carbonyl (C=O) groups is 1. The van der Waals surface area contributed by atoms with Crippen molar-refractivity contribution in [3.63, 3.8) is 0 Å². The molecule has 1 aromatic rings. The standard InChI is InChI=1S/C19H31N3O3S/c1-15(2)8-9-16(3)20-19(23)17-6-5-7-18(14-17)26(24,25)22-12-10-21(4)11-13-22/h5-7,14-16H,8-13H2,1-4H3,(H,20,23). The van der Waals surface area contributed by atoms with Gasteiger partial charge in [-0.3, -0.25) is 4.79 Å². The fourth-order valence-corrected chi connectivity index (χ4v) is 4.41. The van der Waals surface area contributed by atoms with Crippen molar-refractivity contribution in [1.29, 1.82) is 0 Å². The molecule has 0 spiro atoms. The summed E-state index contributed by atoms with van der Waals surface area (Å²) in [5.74, 6) is 0.364. The highest BCUT2D eigenvalue weighted by Gasteiger charge is 2.28. The van der Waals surface area contributed by atoms with Crippen molar-refractivity contribution < 1.29 is 13.2 Å². The first-order valence-electron chi connectivity index (χ1n) is 9.29. The molecule has 0 aromatic heterocycles. The number of likely N-dealkylation sites (N-methyl/N-ethyl adjacent to an activating group) is 1. The number of hydrogen-bond donors (Lipinski definition) is 1. The van der Waals surface area contributed by atoms with Crippen LogP contribution in [0.4, 0.5) is 0 Å². The second-order valence-electron chi connectivity index (χ2n) is 7.58. The summed E-state index contributed by atoms with van der Waals surface area (Å²) in [4.78, 5) is 14.8. The van der Waals surface area contributed by atoms with Crippen LogP contribution in [0, 0.1) is 5.92 Å². The van der Waals surface area contributed by atoms with E-state index in [4.69, 9.17) is 0 Å². The van der Waals surface area contributed by atoms with Crippen LogP contribution in [-0.4, -0.2) is 62.8 Å². The van der Waals surface area contributed by atoms with Crippen LogP contribution in [0.5, 0.6) is 0 Å². The van der Waals surface area contributed by atoms with Gasteiger partial charge in [-0.15, -0.1) is 0 Å². The summed E-state index contributed by atoms with van der Waals surface area (Å²) in [6.07, 6.45) is 1.95. The summed E-state index contributed by atoms with van der Waals surface area (Å²) in [5, 5.41) is 2.96. The molecule has 1 aliphatic rings. The molecule has 146 valence electrons. The number of nitrogens with zero attached hydrogens (tertiary/aromatic N) is 2. The zero-order valence-electron chi connectivity index (χ0n) is 16.2. The molecule has 7 heteroatoms. The molecule has 26 heavy (non-hydrogen) atoms. The number of hydrogen-bond acceptors (Lipinski definition) is 4. The van der Waals surface area contributed by atoms with Crippen molar-refractivity contribution in [2.24, 2.45) is 5.92 Å². The van der Waals surface area contributed by atoms with Gasteiger partial charge in [0.25, 0.3) is 5.91 Å². The van der Waals surface area contributed by atoms with E-state index >= 15 is 0 Å². The summed E-state index contributed by atoms with van der Waals surface area (Å²) >= 11 is 0. The number of sulfonamides is 1. The summed E-state index contributed by atoms with van der Waals surface area (Å²) in [7, 11) is -1.58. The van der Waals surface area contributed by atoms with Crippen molar-refractivity contribution in [1.82, 2.24) is 14.5 Å². The topological polar surface area (TPSA) is 69.7 Å². The molecule has 1 aliphatic heterocycles. The monoisotopic (exact) mass is 381 g/mol. The predicted molar refractivity (Wildman–Crippen MR) is 104 cm³/mol. The minimum absolute atomic E-state index is 0.0581. The number of amides is 1. The molecule has 6 nitrogen and oxygen atoms in total. The van der Waals surface area contributed by atoms with Gasteiger partial charge >= 0.3 is 0 Å². The third kappa shape index (κ3) is 5.53. The van der Waals surface area contributed by atoms with Crippen LogP contribution in [0.2, 0.25) is 0 Å². The van der Waals surface area contributed by atoms with E-state index in [0.717, 1.165) is 12.8 Å². The molecular weight excluding hydrogens is 350 g/mol. The Morgan fingerprint density at radius 2 is 1.77 bits per heavy atom. The number of benzene rings is 1. The quantitative estimate of drug-likeness (QED) is 0.786. The molecule has 0 aliphatic carbocycles. The Hall–Kier alpha value is -1.44. The van der Waals surface area contributed by atoms with E-state index in [2.05, 4.69) is 24.1 Å². The second kappa shape index (κ2) is 8.97. The van der Waals surface area contributed by atoms with Crippen molar-refractivity contribution >= 4 is 15.9 Å². The van der Waals surface area contributed by atoms with Crippen LogP contribution in [0.25, 0.3) is 0 Å². The van der Waals surface area contributed by atoms with E-state index in [9.17, 15) is 13.2 Å². The summed E-state index contributed by atoms with van der Waals surface area (Å²) < 4.78 is 27.2. The Morgan fingerprint density at radius 3 is 2.38 bits per heavy atom. The third-order valence-electron chi connectivity index (χ3n) is 4.75. The Morgan fingerprint density at radius 1 is 1.12 bits per heavy atom. The molecule has 1 aromatic carbocycles. The average Bonchev–Trinajstić information content (AvgIpc) is 2.60. The molecule has 1 saturated heterocycles. The Balaban J connectivity index is 2.08. The number of piperazine rings is 1. The maximum absolute atomic E-state index is 12.8. The normalized spacial score (nSPS) is 18.0. The van der Waals surface area contributed by atoms with Crippen LogP contribution >= 0.6 is 0 Å². The maximum atomic E-state index is 12.8. The van der Waals surface area contributed by atoms with Gasteiger partial charge in [0.1, 0.15) is 0 Å². The predicted octanol–water partition coefficient (Wildman–Crippen LogP) is 2.18. The first-order valence-corrected chi connectivity index (χ1v) is 10.7. The van der Waals surface area contributed by atoms with Gasteiger partial charge in [0, 0.05) is 37.8 Å². The zero-order valence-corrected chi connectivity index (χ0v) is 17.1. The summed E-state index contributed by atoms with van der Waals surface area (Å²) in [6.45, 7) is 8.66. The first-order chi connectivity index (χ1) is 12.2. The van der Waals surface area contributed by atoms with Crippen LogP contribution in [0.15, 0.2) is 29.2 Å².